The molecule has 3 rings (SSSR count). The minimum atomic E-state index is -0.359. The summed E-state index contributed by atoms with van der Waals surface area (Å²) in [5, 5.41) is 9.54. The Hall–Kier alpha value is -1.23. The zero-order chi connectivity index (χ0) is 18.0. The Balaban J connectivity index is 1.84. The first-order valence-electron chi connectivity index (χ1n) is 9.44. The van der Waals surface area contributed by atoms with Gasteiger partial charge in [0.15, 0.2) is 0 Å². The van der Waals surface area contributed by atoms with E-state index in [1.807, 2.05) is 13.8 Å². The Kier molecular flexibility index (Phi) is 3.76. The molecule has 24 heavy (non-hydrogen) atoms. The van der Waals surface area contributed by atoms with Crippen molar-refractivity contribution in [3.05, 3.63) is 23.5 Å². The van der Waals surface area contributed by atoms with Gasteiger partial charge in [0.1, 0.15) is 5.60 Å². The lowest BCUT2D eigenvalue weighted by Crippen LogP contribution is -2.47. The molecule has 0 aromatic carbocycles. The maximum Gasteiger partial charge on any atom is 0.112 e. The zero-order valence-electron chi connectivity index (χ0n) is 16.5. The van der Waals surface area contributed by atoms with Crippen LogP contribution in [0, 0.1) is 39.4 Å². The van der Waals surface area contributed by atoms with Gasteiger partial charge in [-0.25, -0.2) is 0 Å². The standard InChI is InChI=1S/C22H33NO/c1-15-8-9-17(12-18(15)19(2,3)14-23)24-22(7)13-16-10-11-21(22,6)20(16,4)5/h8-9,16,18H,10-13H2,1-7H3/t16-,18+,21-,22-/m1/s1. The van der Waals surface area contributed by atoms with E-state index in [1.54, 1.807) is 0 Å². The number of fused-ring (bicyclic) bond motifs is 2. The molecule has 2 bridgehead atoms. The van der Waals surface area contributed by atoms with Gasteiger partial charge >= 0.3 is 0 Å². The van der Waals surface area contributed by atoms with Crippen molar-refractivity contribution in [3.63, 3.8) is 0 Å². The van der Waals surface area contributed by atoms with Crippen LogP contribution in [0.2, 0.25) is 0 Å². The van der Waals surface area contributed by atoms with Crippen molar-refractivity contribution in [1.82, 2.24) is 0 Å². The summed E-state index contributed by atoms with van der Waals surface area (Å²) < 4.78 is 6.74. The molecule has 0 aromatic heterocycles. The van der Waals surface area contributed by atoms with Crippen LogP contribution < -0.4 is 0 Å². The summed E-state index contributed by atoms with van der Waals surface area (Å²) in [5.41, 5.74) is 1.41. The van der Waals surface area contributed by atoms with Crippen molar-refractivity contribution in [2.45, 2.75) is 79.8 Å². The second kappa shape index (κ2) is 5.13. The number of nitriles is 1. The molecule has 2 saturated carbocycles. The lowest BCUT2D eigenvalue weighted by Gasteiger charge is -2.47. The minimum absolute atomic E-state index is 0.0916. The van der Waals surface area contributed by atoms with Crippen LogP contribution in [-0.2, 0) is 4.74 Å². The van der Waals surface area contributed by atoms with Gasteiger partial charge in [-0.1, -0.05) is 32.4 Å². The zero-order valence-corrected chi connectivity index (χ0v) is 16.5. The Bertz CT molecular complexity index is 647. The molecule has 3 aliphatic rings. The molecule has 0 spiro atoms. The molecule has 0 N–H and O–H groups in total. The molecular formula is C22H33NO. The predicted molar refractivity (Wildman–Crippen MR) is 98.1 cm³/mol. The average Bonchev–Trinajstić information content (AvgIpc) is 2.81. The third kappa shape index (κ3) is 2.20. The van der Waals surface area contributed by atoms with Gasteiger partial charge in [0.25, 0.3) is 0 Å². The van der Waals surface area contributed by atoms with Gasteiger partial charge in [-0.3, -0.25) is 0 Å². The second-order valence-corrected chi connectivity index (χ2v) is 9.96. The molecule has 3 aliphatic carbocycles. The highest BCUT2D eigenvalue weighted by molar-refractivity contribution is 5.28. The molecule has 0 aromatic rings. The van der Waals surface area contributed by atoms with Gasteiger partial charge < -0.3 is 4.74 Å². The summed E-state index contributed by atoms with van der Waals surface area (Å²) in [7, 11) is 0. The van der Waals surface area contributed by atoms with E-state index in [0.717, 1.165) is 24.5 Å². The smallest absolute Gasteiger partial charge is 0.112 e. The summed E-state index contributed by atoms with van der Waals surface area (Å²) in [4.78, 5) is 0. The number of nitrogens with zero attached hydrogens (tertiary/aromatic N) is 1. The fourth-order valence-electron chi connectivity index (χ4n) is 5.79. The average molecular weight is 328 g/mol. The van der Waals surface area contributed by atoms with E-state index in [-0.39, 0.29) is 22.3 Å². The van der Waals surface area contributed by atoms with E-state index < -0.39 is 0 Å². The highest BCUT2D eigenvalue weighted by Gasteiger charge is 2.68. The van der Waals surface area contributed by atoms with Gasteiger partial charge in [0, 0.05) is 17.8 Å². The van der Waals surface area contributed by atoms with Gasteiger partial charge in [-0.2, -0.15) is 5.26 Å². The molecule has 0 amide bonds. The van der Waals surface area contributed by atoms with Gasteiger partial charge in [-0.15, -0.1) is 0 Å². The number of allylic oxidation sites excluding steroid dienone is 4. The summed E-state index contributed by atoms with van der Waals surface area (Å²) >= 11 is 0. The Morgan fingerprint density at radius 2 is 1.88 bits per heavy atom. The molecule has 0 heterocycles. The molecule has 0 aliphatic heterocycles. The van der Waals surface area contributed by atoms with Crippen molar-refractivity contribution in [2.75, 3.05) is 0 Å². The maximum atomic E-state index is 9.54. The fraction of sp³-hybridized carbons (Fsp3) is 0.773. The third-order valence-electron chi connectivity index (χ3n) is 8.24. The highest BCUT2D eigenvalue weighted by atomic mass is 16.5. The van der Waals surface area contributed by atoms with Crippen LogP contribution >= 0.6 is 0 Å². The van der Waals surface area contributed by atoms with Crippen LogP contribution in [0.15, 0.2) is 23.5 Å². The van der Waals surface area contributed by atoms with E-state index >= 15 is 0 Å². The minimum Gasteiger partial charge on any atom is -0.491 e. The lowest BCUT2D eigenvalue weighted by atomic mass is 9.65. The van der Waals surface area contributed by atoms with Crippen molar-refractivity contribution >= 4 is 0 Å². The maximum absolute atomic E-state index is 9.54. The predicted octanol–water partition coefficient (Wildman–Crippen LogP) is 6.01. The molecule has 4 atom stereocenters. The number of hydrogen-bond acceptors (Lipinski definition) is 2. The van der Waals surface area contributed by atoms with Crippen LogP contribution in [0.1, 0.15) is 74.1 Å². The molecule has 132 valence electrons. The number of rotatable bonds is 3. The molecule has 0 unspecified atom stereocenters. The largest absolute Gasteiger partial charge is 0.491 e. The van der Waals surface area contributed by atoms with Gasteiger partial charge in [0.2, 0.25) is 0 Å². The van der Waals surface area contributed by atoms with Gasteiger partial charge in [0.05, 0.1) is 17.2 Å². The van der Waals surface area contributed by atoms with Crippen molar-refractivity contribution in [1.29, 1.82) is 5.26 Å². The first-order chi connectivity index (χ1) is 11.0. The fourth-order valence-corrected chi connectivity index (χ4v) is 5.79. The molecule has 0 saturated heterocycles. The normalized spacial score (nSPS) is 40.8. The van der Waals surface area contributed by atoms with Crippen molar-refractivity contribution in [3.8, 4) is 6.07 Å². The second-order valence-electron chi connectivity index (χ2n) is 9.96. The molecule has 0 radical (unpaired) electrons. The van der Waals surface area contributed by atoms with Crippen LogP contribution in [0.25, 0.3) is 0 Å². The molecule has 2 nitrogen and oxygen atoms in total. The summed E-state index contributed by atoms with van der Waals surface area (Å²) in [6, 6.07) is 2.49. The van der Waals surface area contributed by atoms with Crippen LogP contribution in [0.5, 0.6) is 0 Å². The van der Waals surface area contributed by atoms with E-state index in [1.165, 1.54) is 18.4 Å². The molecule has 2 fully saturated rings. The number of hydrogen-bond donors (Lipinski definition) is 0. The van der Waals surface area contributed by atoms with Crippen LogP contribution in [0.4, 0.5) is 0 Å². The third-order valence-corrected chi connectivity index (χ3v) is 8.24. The summed E-state index contributed by atoms with van der Waals surface area (Å²) in [6.45, 7) is 15.8. The quantitative estimate of drug-likeness (QED) is 0.636. The summed E-state index contributed by atoms with van der Waals surface area (Å²) in [5.74, 6) is 2.08. The molecular weight excluding hydrogens is 294 g/mol. The Labute approximate surface area is 148 Å². The Morgan fingerprint density at radius 3 is 2.38 bits per heavy atom. The van der Waals surface area contributed by atoms with E-state index in [4.69, 9.17) is 4.74 Å². The van der Waals surface area contributed by atoms with E-state index in [9.17, 15) is 5.26 Å². The van der Waals surface area contributed by atoms with E-state index in [2.05, 4.69) is 52.8 Å². The highest BCUT2D eigenvalue weighted by Crippen LogP contribution is 2.71. The van der Waals surface area contributed by atoms with Crippen LogP contribution in [-0.4, -0.2) is 5.60 Å². The van der Waals surface area contributed by atoms with E-state index in [0.29, 0.717) is 5.41 Å². The summed E-state index contributed by atoms with van der Waals surface area (Å²) in [6.07, 6.45) is 8.91. The van der Waals surface area contributed by atoms with Crippen molar-refractivity contribution in [2.24, 2.45) is 28.1 Å². The van der Waals surface area contributed by atoms with Crippen molar-refractivity contribution < 1.29 is 4.74 Å². The monoisotopic (exact) mass is 327 g/mol. The lowest BCUT2D eigenvalue weighted by molar-refractivity contribution is -0.0999. The van der Waals surface area contributed by atoms with Gasteiger partial charge in [-0.05, 0) is 64.4 Å². The topological polar surface area (TPSA) is 33.0 Å². The SMILES string of the molecule is CC1=CC=C(O[C@]2(C)C[C@H]3CC[C@]2(C)C3(C)C)C[C@@H]1C(C)(C)C#N. The first kappa shape index (κ1) is 17.6. The first-order valence-corrected chi connectivity index (χ1v) is 9.44. The number of ether oxygens (including phenoxy) is 1. The van der Waals surface area contributed by atoms with Crippen LogP contribution in [0.3, 0.4) is 0 Å². The Morgan fingerprint density at radius 1 is 1.21 bits per heavy atom. The molecule has 2 heteroatoms.